The highest BCUT2D eigenvalue weighted by molar-refractivity contribution is 5.78. The van der Waals surface area contributed by atoms with E-state index in [1.54, 1.807) is 12.1 Å². The molecule has 8 heteroatoms. The van der Waals surface area contributed by atoms with Crippen molar-refractivity contribution in [1.29, 1.82) is 0 Å². The van der Waals surface area contributed by atoms with Crippen molar-refractivity contribution in [3.63, 3.8) is 0 Å². The predicted octanol–water partition coefficient (Wildman–Crippen LogP) is 1.15. The number of carbonyl (C=O) groups excluding carboxylic acids is 2. The number of hydrogen-bond acceptors (Lipinski definition) is 6. The Hall–Kier alpha value is -2.64. The molecule has 2 aromatic rings. The standard InChI is InChI=1S/C15H20N4O4/c1-10(2)15(21)17-8-7-16-12(20)5-6-13-18-14(19-23-13)11-4-3-9-22-11/h3-4,9-10H,5-8H2,1-2H3,(H,16,20)(H,17,21). The lowest BCUT2D eigenvalue weighted by atomic mass is 10.2. The molecule has 0 aliphatic carbocycles. The Balaban J connectivity index is 1.66. The molecule has 2 N–H and O–H groups in total. The van der Waals surface area contributed by atoms with Crippen LogP contribution in [0.2, 0.25) is 0 Å². The van der Waals surface area contributed by atoms with Crippen molar-refractivity contribution in [3.8, 4) is 11.6 Å². The highest BCUT2D eigenvalue weighted by Crippen LogP contribution is 2.16. The zero-order chi connectivity index (χ0) is 16.7. The second-order valence-corrected chi connectivity index (χ2v) is 5.28. The number of furan rings is 1. The first-order chi connectivity index (χ1) is 11.1. The molecule has 0 fully saturated rings. The smallest absolute Gasteiger partial charge is 0.238 e. The predicted molar refractivity (Wildman–Crippen MR) is 81.2 cm³/mol. The molecule has 8 nitrogen and oxygen atoms in total. The van der Waals surface area contributed by atoms with E-state index in [4.69, 9.17) is 8.94 Å². The Morgan fingerprint density at radius 1 is 1.26 bits per heavy atom. The monoisotopic (exact) mass is 320 g/mol. The molecule has 0 radical (unpaired) electrons. The summed E-state index contributed by atoms with van der Waals surface area (Å²) in [5.74, 6) is 1.02. The molecule has 0 aliphatic heterocycles. The zero-order valence-electron chi connectivity index (χ0n) is 13.2. The molecular weight excluding hydrogens is 300 g/mol. The van der Waals surface area contributed by atoms with E-state index in [0.29, 0.717) is 37.0 Å². The van der Waals surface area contributed by atoms with Crippen LogP contribution in [0.5, 0.6) is 0 Å². The molecule has 0 saturated carbocycles. The number of aromatic nitrogens is 2. The Bertz CT molecular complexity index is 634. The Kier molecular flexibility index (Phi) is 5.90. The van der Waals surface area contributed by atoms with Crippen molar-refractivity contribution in [2.75, 3.05) is 13.1 Å². The van der Waals surface area contributed by atoms with Crippen molar-refractivity contribution in [2.45, 2.75) is 26.7 Å². The SMILES string of the molecule is CC(C)C(=O)NCCNC(=O)CCc1nc(-c2ccco2)no1. The largest absolute Gasteiger partial charge is 0.461 e. The second-order valence-electron chi connectivity index (χ2n) is 5.28. The number of nitrogens with one attached hydrogen (secondary N) is 2. The second kappa shape index (κ2) is 8.11. The van der Waals surface area contributed by atoms with E-state index >= 15 is 0 Å². The van der Waals surface area contributed by atoms with Crippen LogP contribution in [0.3, 0.4) is 0 Å². The minimum absolute atomic E-state index is 0.0319. The number of carbonyl (C=O) groups is 2. The summed E-state index contributed by atoms with van der Waals surface area (Å²) in [4.78, 5) is 27.2. The lowest BCUT2D eigenvalue weighted by molar-refractivity contribution is -0.124. The van der Waals surface area contributed by atoms with E-state index in [-0.39, 0.29) is 24.2 Å². The number of amides is 2. The summed E-state index contributed by atoms with van der Waals surface area (Å²) in [5.41, 5.74) is 0. The van der Waals surface area contributed by atoms with Crippen LogP contribution >= 0.6 is 0 Å². The summed E-state index contributed by atoms with van der Waals surface area (Å²) in [5, 5.41) is 9.23. The van der Waals surface area contributed by atoms with Gasteiger partial charge in [0.1, 0.15) is 0 Å². The van der Waals surface area contributed by atoms with Gasteiger partial charge in [0.05, 0.1) is 6.26 Å². The zero-order valence-corrected chi connectivity index (χ0v) is 13.2. The average molecular weight is 320 g/mol. The van der Waals surface area contributed by atoms with Gasteiger partial charge in [0.25, 0.3) is 0 Å². The van der Waals surface area contributed by atoms with Gasteiger partial charge in [-0.15, -0.1) is 0 Å². The molecule has 0 bridgehead atoms. The first kappa shape index (κ1) is 16.7. The molecule has 2 rings (SSSR count). The summed E-state index contributed by atoms with van der Waals surface area (Å²) >= 11 is 0. The Morgan fingerprint density at radius 2 is 2.04 bits per heavy atom. The van der Waals surface area contributed by atoms with E-state index in [1.807, 2.05) is 13.8 Å². The van der Waals surface area contributed by atoms with Gasteiger partial charge in [-0.3, -0.25) is 9.59 Å². The van der Waals surface area contributed by atoms with Gasteiger partial charge >= 0.3 is 0 Å². The Labute approximate surface area is 133 Å². The molecule has 0 saturated heterocycles. The normalized spacial score (nSPS) is 10.7. The van der Waals surface area contributed by atoms with E-state index in [0.717, 1.165) is 0 Å². The summed E-state index contributed by atoms with van der Waals surface area (Å²) < 4.78 is 10.2. The fraction of sp³-hybridized carbons (Fsp3) is 0.467. The van der Waals surface area contributed by atoms with E-state index < -0.39 is 0 Å². The lowest BCUT2D eigenvalue weighted by Gasteiger charge is -2.08. The van der Waals surface area contributed by atoms with Crippen LogP contribution in [-0.4, -0.2) is 35.0 Å². The highest BCUT2D eigenvalue weighted by Gasteiger charge is 2.12. The van der Waals surface area contributed by atoms with E-state index in [2.05, 4.69) is 20.8 Å². The van der Waals surface area contributed by atoms with Gasteiger partial charge in [0.15, 0.2) is 5.76 Å². The molecule has 0 spiro atoms. The van der Waals surface area contributed by atoms with Gasteiger partial charge in [-0.2, -0.15) is 4.98 Å². The maximum absolute atomic E-state index is 11.7. The molecule has 0 aliphatic rings. The molecule has 2 amide bonds. The number of rotatable bonds is 8. The minimum Gasteiger partial charge on any atom is -0.461 e. The van der Waals surface area contributed by atoms with Gasteiger partial charge in [-0.05, 0) is 12.1 Å². The maximum atomic E-state index is 11.7. The van der Waals surface area contributed by atoms with Gasteiger partial charge in [0.2, 0.25) is 23.5 Å². The van der Waals surface area contributed by atoms with Crippen LogP contribution in [-0.2, 0) is 16.0 Å². The summed E-state index contributed by atoms with van der Waals surface area (Å²) in [6.45, 7) is 4.43. The van der Waals surface area contributed by atoms with Crippen molar-refractivity contribution in [2.24, 2.45) is 5.92 Å². The van der Waals surface area contributed by atoms with Crippen LogP contribution < -0.4 is 10.6 Å². The van der Waals surface area contributed by atoms with Crippen LogP contribution in [0, 0.1) is 5.92 Å². The molecular formula is C15H20N4O4. The molecule has 0 atom stereocenters. The lowest BCUT2D eigenvalue weighted by Crippen LogP contribution is -2.36. The molecule has 0 aromatic carbocycles. The Morgan fingerprint density at radius 3 is 2.74 bits per heavy atom. The fourth-order valence-electron chi connectivity index (χ4n) is 1.76. The van der Waals surface area contributed by atoms with Crippen LogP contribution in [0.25, 0.3) is 11.6 Å². The molecule has 124 valence electrons. The van der Waals surface area contributed by atoms with Gasteiger partial charge in [-0.1, -0.05) is 19.0 Å². The van der Waals surface area contributed by atoms with Crippen LogP contribution in [0.4, 0.5) is 0 Å². The number of aryl methyl sites for hydroxylation is 1. The third kappa shape index (κ3) is 5.24. The quantitative estimate of drug-likeness (QED) is 0.706. The van der Waals surface area contributed by atoms with Crippen LogP contribution in [0.1, 0.15) is 26.2 Å². The summed E-state index contributed by atoms with van der Waals surface area (Å²) in [6.07, 6.45) is 2.10. The van der Waals surface area contributed by atoms with Crippen molar-refractivity contribution >= 4 is 11.8 Å². The highest BCUT2D eigenvalue weighted by atomic mass is 16.5. The van der Waals surface area contributed by atoms with Gasteiger partial charge < -0.3 is 19.6 Å². The molecule has 0 unspecified atom stereocenters. The minimum atomic E-state index is -0.137. The number of nitrogens with zero attached hydrogens (tertiary/aromatic N) is 2. The van der Waals surface area contributed by atoms with Crippen molar-refractivity contribution in [3.05, 3.63) is 24.3 Å². The van der Waals surface area contributed by atoms with Gasteiger partial charge in [0, 0.05) is 31.8 Å². The first-order valence-electron chi connectivity index (χ1n) is 7.47. The first-order valence-corrected chi connectivity index (χ1v) is 7.47. The van der Waals surface area contributed by atoms with E-state index in [1.165, 1.54) is 6.26 Å². The maximum Gasteiger partial charge on any atom is 0.238 e. The van der Waals surface area contributed by atoms with Crippen molar-refractivity contribution in [1.82, 2.24) is 20.8 Å². The third-order valence-electron chi connectivity index (χ3n) is 3.05. The fourth-order valence-corrected chi connectivity index (χ4v) is 1.76. The summed E-state index contributed by atoms with van der Waals surface area (Å²) in [7, 11) is 0. The molecule has 23 heavy (non-hydrogen) atoms. The van der Waals surface area contributed by atoms with Gasteiger partial charge in [-0.25, -0.2) is 0 Å². The molecule has 2 heterocycles. The molecule has 2 aromatic heterocycles. The van der Waals surface area contributed by atoms with E-state index in [9.17, 15) is 9.59 Å². The average Bonchev–Trinajstić information content (AvgIpc) is 3.19. The van der Waals surface area contributed by atoms with Crippen LogP contribution in [0.15, 0.2) is 27.3 Å². The third-order valence-corrected chi connectivity index (χ3v) is 3.05. The summed E-state index contributed by atoms with van der Waals surface area (Å²) in [6, 6.07) is 3.46. The topological polar surface area (TPSA) is 110 Å². The van der Waals surface area contributed by atoms with Crippen molar-refractivity contribution < 1.29 is 18.5 Å². The number of hydrogen-bond donors (Lipinski definition) is 2.